The molecule has 1 N–H and O–H groups in total. The molecule has 2 rings (SSSR count). The van der Waals surface area contributed by atoms with Crippen LogP contribution in [0.2, 0.25) is 0 Å². The van der Waals surface area contributed by atoms with E-state index in [0.29, 0.717) is 6.04 Å². The van der Waals surface area contributed by atoms with E-state index in [1.807, 2.05) is 18.7 Å². The number of urea groups is 1. The predicted molar refractivity (Wildman–Crippen MR) is 91.1 cm³/mol. The third-order valence-electron chi connectivity index (χ3n) is 4.51. The number of nitrogens with one attached hydrogen (secondary N) is 1. The molecule has 0 saturated carbocycles. The van der Waals surface area contributed by atoms with E-state index in [1.54, 1.807) is 0 Å². The van der Waals surface area contributed by atoms with Crippen molar-refractivity contribution in [2.75, 3.05) is 32.7 Å². The maximum atomic E-state index is 12.2. The van der Waals surface area contributed by atoms with Gasteiger partial charge in [0.05, 0.1) is 0 Å². The summed E-state index contributed by atoms with van der Waals surface area (Å²) in [6.45, 7) is 8.59. The van der Waals surface area contributed by atoms with Gasteiger partial charge in [-0.2, -0.15) is 0 Å². The Bertz CT molecular complexity index is 439. The molecule has 0 spiro atoms. The molecular formula is C18H29N3O. The van der Waals surface area contributed by atoms with E-state index in [0.717, 1.165) is 39.1 Å². The average molecular weight is 303 g/mol. The van der Waals surface area contributed by atoms with Crippen molar-refractivity contribution in [2.24, 2.45) is 0 Å². The molecule has 1 atom stereocenters. The third-order valence-corrected chi connectivity index (χ3v) is 4.51. The summed E-state index contributed by atoms with van der Waals surface area (Å²) in [5.74, 6) is 0. The number of carbonyl (C=O) groups is 1. The number of carbonyl (C=O) groups excluding carboxylic acids is 1. The van der Waals surface area contributed by atoms with E-state index < -0.39 is 0 Å². The van der Waals surface area contributed by atoms with Gasteiger partial charge >= 0.3 is 6.03 Å². The zero-order valence-corrected chi connectivity index (χ0v) is 13.9. The van der Waals surface area contributed by atoms with Crippen molar-refractivity contribution >= 4 is 6.03 Å². The van der Waals surface area contributed by atoms with Crippen molar-refractivity contribution in [3.63, 3.8) is 0 Å². The molecule has 4 heteroatoms. The second-order valence-electron chi connectivity index (χ2n) is 5.94. The van der Waals surface area contributed by atoms with Gasteiger partial charge < -0.3 is 10.2 Å². The summed E-state index contributed by atoms with van der Waals surface area (Å²) in [6.07, 6.45) is 3.55. The third kappa shape index (κ3) is 4.73. The Labute approximate surface area is 134 Å². The molecule has 0 aromatic heterocycles. The minimum atomic E-state index is 0.0576. The number of nitrogens with zero attached hydrogens (tertiary/aromatic N) is 2. The maximum absolute atomic E-state index is 12.2. The fourth-order valence-corrected chi connectivity index (χ4v) is 3.15. The Morgan fingerprint density at radius 2 is 1.82 bits per heavy atom. The van der Waals surface area contributed by atoms with Gasteiger partial charge in [-0.3, -0.25) is 4.90 Å². The molecule has 1 saturated heterocycles. The summed E-state index contributed by atoms with van der Waals surface area (Å²) in [5.41, 5.74) is 1.34. The molecule has 0 bridgehead atoms. The number of rotatable bonds is 7. The molecule has 1 unspecified atom stereocenters. The second-order valence-corrected chi connectivity index (χ2v) is 5.94. The van der Waals surface area contributed by atoms with Gasteiger partial charge in [0.2, 0.25) is 0 Å². The van der Waals surface area contributed by atoms with Crippen LogP contribution in [0.5, 0.6) is 0 Å². The molecule has 22 heavy (non-hydrogen) atoms. The highest BCUT2D eigenvalue weighted by atomic mass is 16.2. The smallest absolute Gasteiger partial charge is 0.317 e. The van der Waals surface area contributed by atoms with Crippen molar-refractivity contribution in [1.82, 2.24) is 15.1 Å². The number of hydrogen-bond acceptors (Lipinski definition) is 2. The first-order valence-corrected chi connectivity index (χ1v) is 8.55. The first-order chi connectivity index (χ1) is 10.7. The monoisotopic (exact) mass is 303 g/mol. The fraction of sp³-hybridized carbons (Fsp3) is 0.611. The second kappa shape index (κ2) is 8.79. The lowest BCUT2D eigenvalue weighted by atomic mass is 10.0. The van der Waals surface area contributed by atoms with Crippen molar-refractivity contribution in [3.05, 3.63) is 35.9 Å². The van der Waals surface area contributed by atoms with Gasteiger partial charge in [0.15, 0.2) is 0 Å². The predicted octanol–water partition coefficient (Wildman–Crippen LogP) is 2.74. The molecular weight excluding hydrogens is 274 g/mol. The zero-order valence-electron chi connectivity index (χ0n) is 13.9. The molecule has 2 amide bonds. The topological polar surface area (TPSA) is 35.6 Å². The normalized spacial score (nSPS) is 16.5. The van der Waals surface area contributed by atoms with Crippen LogP contribution >= 0.6 is 0 Å². The Morgan fingerprint density at radius 1 is 1.18 bits per heavy atom. The van der Waals surface area contributed by atoms with Crippen molar-refractivity contribution < 1.29 is 4.79 Å². The van der Waals surface area contributed by atoms with Crippen LogP contribution in [0, 0.1) is 0 Å². The summed E-state index contributed by atoms with van der Waals surface area (Å²) in [5, 5.41) is 3.13. The van der Waals surface area contributed by atoms with E-state index >= 15 is 0 Å². The van der Waals surface area contributed by atoms with Gasteiger partial charge in [-0.25, -0.2) is 4.79 Å². The number of amides is 2. The van der Waals surface area contributed by atoms with Gasteiger partial charge in [0.25, 0.3) is 0 Å². The summed E-state index contributed by atoms with van der Waals surface area (Å²) < 4.78 is 0. The minimum Gasteiger partial charge on any atom is -0.336 e. The summed E-state index contributed by atoms with van der Waals surface area (Å²) in [6, 6.07) is 11.0. The molecule has 1 aliphatic rings. The van der Waals surface area contributed by atoms with Crippen molar-refractivity contribution in [2.45, 2.75) is 39.2 Å². The minimum absolute atomic E-state index is 0.0576. The SMILES string of the molecule is CCN(CC)C(=O)NCC(Cc1ccccc1)N1CCCC1. The first kappa shape index (κ1) is 16.8. The molecule has 1 aliphatic heterocycles. The lowest BCUT2D eigenvalue weighted by Gasteiger charge is -2.29. The Hall–Kier alpha value is -1.55. The fourth-order valence-electron chi connectivity index (χ4n) is 3.15. The lowest BCUT2D eigenvalue weighted by molar-refractivity contribution is 0.191. The molecule has 122 valence electrons. The highest BCUT2D eigenvalue weighted by Gasteiger charge is 2.23. The summed E-state index contributed by atoms with van der Waals surface area (Å²) in [7, 11) is 0. The Morgan fingerprint density at radius 3 is 2.41 bits per heavy atom. The van der Waals surface area contributed by atoms with E-state index in [1.165, 1.54) is 18.4 Å². The lowest BCUT2D eigenvalue weighted by Crippen LogP contribution is -2.47. The van der Waals surface area contributed by atoms with E-state index in [2.05, 4.69) is 40.5 Å². The van der Waals surface area contributed by atoms with Gasteiger partial charge in [-0.1, -0.05) is 30.3 Å². The van der Waals surface area contributed by atoms with E-state index in [-0.39, 0.29) is 6.03 Å². The van der Waals surface area contributed by atoms with Crippen molar-refractivity contribution in [1.29, 1.82) is 0 Å². The largest absolute Gasteiger partial charge is 0.336 e. The molecule has 4 nitrogen and oxygen atoms in total. The van der Waals surface area contributed by atoms with Crippen LogP contribution < -0.4 is 5.32 Å². The number of likely N-dealkylation sites (tertiary alicyclic amines) is 1. The molecule has 1 fully saturated rings. The molecule has 0 aliphatic carbocycles. The van der Waals surface area contributed by atoms with Crippen LogP contribution in [0.25, 0.3) is 0 Å². The van der Waals surface area contributed by atoms with Crippen LogP contribution in [0.1, 0.15) is 32.3 Å². The highest BCUT2D eigenvalue weighted by molar-refractivity contribution is 5.74. The van der Waals surface area contributed by atoms with Crippen molar-refractivity contribution in [3.8, 4) is 0 Å². The van der Waals surface area contributed by atoms with Crippen LogP contribution in [-0.4, -0.2) is 54.6 Å². The van der Waals surface area contributed by atoms with Crippen LogP contribution in [-0.2, 0) is 6.42 Å². The van der Waals surface area contributed by atoms with Crippen LogP contribution in [0.4, 0.5) is 4.79 Å². The number of hydrogen-bond donors (Lipinski definition) is 1. The highest BCUT2D eigenvalue weighted by Crippen LogP contribution is 2.15. The van der Waals surface area contributed by atoms with Crippen LogP contribution in [0.15, 0.2) is 30.3 Å². The van der Waals surface area contributed by atoms with Gasteiger partial charge in [-0.05, 0) is 51.8 Å². The van der Waals surface area contributed by atoms with E-state index in [9.17, 15) is 4.79 Å². The van der Waals surface area contributed by atoms with E-state index in [4.69, 9.17) is 0 Å². The Balaban J connectivity index is 1.94. The average Bonchev–Trinajstić information content (AvgIpc) is 3.08. The number of benzene rings is 1. The summed E-state index contributed by atoms with van der Waals surface area (Å²) >= 11 is 0. The molecule has 0 radical (unpaired) electrons. The molecule has 1 aromatic rings. The van der Waals surface area contributed by atoms with Gasteiger partial charge in [-0.15, -0.1) is 0 Å². The zero-order chi connectivity index (χ0) is 15.8. The standard InChI is InChI=1S/C18H29N3O/c1-3-20(4-2)18(22)19-15-17(21-12-8-9-13-21)14-16-10-6-5-7-11-16/h5-7,10-11,17H,3-4,8-9,12-15H2,1-2H3,(H,19,22). The molecule has 1 heterocycles. The first-order valence-electron chi connectivity index (χ1n) is 8.55. The van der Waals surface area contributed by atoms with Crippen LogP contribution in [0.3, 0.4) is 0 Å². The van der Waals surface area contributed by atoms with Gasteiger partial charge in [0.1, 0.15) is 0 Å². The molecule has 1 aromatic carbocycles. The summed E-state index contributed by atoms with van der Waals surface area (Å²) in [4.78, 5) is 16.5. The maximum Gasteiger partial charge on any atom is 0.317 e. The quantitative estimate of drug-likeness (QED) is 0.840. The Kier molecular flexibility index (Phi) is 6.72. The van der Waals surface area contributed by atoms with Gasteiger partial charge in [0, 0.05) is 25.7 Å².